The maximum absolute atomic E-state index is 5.43. The first kappa shape index (κ1) is 13.0. The summed E-state index contributed by atoms with van der Waals surface area (Å²) in [4.78, 5) is 0. The van der Waals surface area contributed by atoms with Crippen LogP contribution in [-0.2, 0) is 4.74 Å². The Morgan fingerprint density at radius 2 is 1.64 bits per heavy atom. The number of hydrogen-bond acceptors (Lipinski definition) is 2. The van der Waals surface area contributed by atoms with Gasteiger partial charge in [-0.3, -0.25) is 0 Å². The molecule has 0 bridgehead atoms. The van der Waals surface area contributed by atoms with Crippen molar-refractivity contribution in [3.63, 3.8) is 0 Å². The zero-order valence-corrected chi connectivity index (χ0v) is 9.32. The van der Waals surface area contributed by atoms with Crippen molar-refractivity contribution in [3.8, 4) is 5.75 Å². The molecule has 0 saturated carbocycles. The molecule has 0 radical (unpaired) electrons. The fraction of sp³-hybridized carbons (Fsp3) is 0.500. The molecule has 0 saturated heterocycles. The molecule has 0 atom stereocenters. The number of benzene rings is 1. The van der Waals surface area contributed by atoms with E-state index >= 15 is 0 Å². The van der Waals surface area contributed by atoms with Crippen molar-refractivity contribution in [1.82, 2.24) is 0 Å². The predicted octanol–water partition coefficient (Wildman–Crippen LogP) is 3.13. The third kappa shape index (κ3) is 6.49. The fourth-order valence-electron chi connectivity index (χ4n) is 0.910. The van der Waals surface area contributed by atoms with Crippen molar-refractivity contribution in [2.45, 2.75) is 20.3 Å². The first-order chi connectivity index (χ1) is 6.93. The number of ether oxygens (including phenoxy) is 2. The second kappa shape index (κ2) is 10.1. The summed E-state index contributed by atoms with van der Waals surface area (Å²) < 4.78 is 10.3. The molecule has 0 heterocycles. The first-order valence-corrected chi connectivity index (χ1v) is 5.10. The maximum atomic E-state index is 5.43. The Morgan fingerprint density at radius 3 is 2.21 bits per heavy atom. The minimum atomic E-state index is 0.720. The van der Waals surface area contributed by atoms with E-state index in [-0.39, 0.29) is 0 Å². The quantitative estimate of drug-likeness (QED) is 0.674. The van der Waals surface area contributed by atoms with Crippen molar-refractivity contribution in [3.05, 3.63) is 30.3 Å². The minimum absolute atomic E-state index is 0.720. The largest absolute Gasteiger partial charge is 0.494 e. The molecule has 0 aliphatic heterocycles. The van der Waals surface area contributed by atoms with Gasteiger partial charge in [0, 0.05) is 20.1 Å². The molecular formula is C12H20O2. The van der Waals surface area contributed by atoms with Gasteiger partial charge in [0.1, 0.15) is 5.75 Å². The van der Waals surface area contributed by atoms with E-state index in [0.29, 0.717) is 0 Å². The zero-order valence-electron chi connectivity index (χ0n) is 9.32. The van der Waals surface area contributed by atoms with Crippen LogP contribution in [0.2, 0.25) is 0 Å². The van der Waals surface area contributed by atoms with Crippen LogP contribution < -0.4 is 4.74 Å². The van der Waals surface area contributed by atoms with Gasteiger partial charge in [0.15, 0.2) is 0 Å². The Hall–Kier alpha value is -1.02. The molecular weight excluding hydrogens is 176 g/mol. The lowest BCUT2D eigenvalue weighted by atomic mass is 10.3. The maximum Gasteiger partial charge on any atom is 0.119 e. The zero-order chi connectivity index (χ0) is 10.6. The highest BCUT2D eigenvalue weighted by atomic mass is 16.5. The molecule has 0 aromatic heterocycles. The third-order valence-corrected chi connectivity index (χ3v) is 1.50. The lowest BCUT2D eigenvalue weighted by molar-refractivity contribution is 0.172. The SMILES string of the molecule is CC.COCCCOc1ccccc1. The van der Waals surface area contributed by atoms with E-state index in [4.69, 9.17) is 9.47 Å². The van der Waals surface area contributed by atoms with Crippen LogP contribution in [0.1, 0.15) is 20.3 Å². The molecule has 80 valence electrons. The Morgan fingerprint density at radius 1 is 1.00 bits per heavy atom. The highest BCUT2D eigenvalue weighted by Crippen LogP contribution is 2.07. The van der Waals surface area contributed by atoms with Gasteiger partial charge in [0.25, 0.3) is 0 Å². The van der Waals surface area contributed by atoms with Gasteiger partial charge in [0.05, 0.1) is 6.61 Å². The van der Waals surface area contributed by atoms with Crippen molar-refractivity contribution < 1.29 is 9.47 Å². The van der Waals surface area contributed by atoms with Crippen LogP contribution in [0.25, 0.3) is 0 Å². The molecule has 0 fully saturated rings. The molecule has 0 unspecified atom stereocenters. The number of hydrogen-bond donors (Lipinski definition) is 0. The summed E-state index contributed by atoms with van der Waals surface area (Å²) >= 11 is 0. The monoisotopic (exact) mass is 196 g/mol. The van der Waals surface area contributed by atoms with Gasteiger partial charge in [-0.25, -0.2) is 0 Å². The second-order valence-electron chi connectivity index (χ2n) is 2.51. The van der Waals surface area contributed by atoms with Crippen molar-refractivity contribution >= 4 is 0 Å². The van der Waals surface area contributed by atoms with E-state index in [1.807, 2.05) is 44.2 Å². The van der Waals surface area contributed by atoms with Crippen LogP contribution in [0.5, 0.6) is 5.75 Å². The molecule has 1 rings (SSSR count). The first-order valence-electron chi connectivity index (χ1n) is 5.10. The molecule has 1 aromatic rings. The van der Waals surface area contributed by atoms with Crippen LogP contribution in [0.15, 0.2) is 30.3 Å². The molecule has 0 aliphatic carbocycles. The van der Waals surface area contributed by atoms with Crippen molar-refractivity contribution in [2.75, 3.05) is 20.3 Å². The van der Waals surface area contributed by atoms with Crippen LogP contribution >= 0.6 is 0 Å². The van der Waals surface area contributed by atoms with E-state index in [1.54, 1.807) is 7.11 Å². The fourth-order valence-corrected chi connectivity index (χ4v) is 0.910. The summed E-state index contributed by atoms with van der Waals surface area (Å²) in [6.45, 7) is 5.48. The van der Waals surface area contributed by atoms with Crippen LogP contribution in [0.4, 0.5) is 0 Å². The lowest BCUT2D eigenvalue weighted by Gasteiger charge is -2.04. The van der Waals surface area contributed by atoms with Gasteiger partial charge in [-0.1, -0.05) is 32.0 Å². The number of methoxy groups -OCH3 is 1. The smallest absolute Gasteiger partial charge is 0.119 e. The third-order valence-electron chi connectivity index (χ3n) is 1.50. The van der Waals surface area contributed by atoms with E-state index in [1.165, 1.54) is 0 Å². The van der Waals surface area contributed by atoms with Crippen LogP contribution in [0.3, 0.4) is 0 Å². The average Bonchev–Trinajstić information content (AvgIpc) is 2.29. The minimum Gasteiger partial charge on any atom is -0.494 e. The summed E-state index contributed by atoms with van der Waals surface area (Å²) in [5.74, 6) is 0.925. The van der Waals surface area contributed by atoms with Gasteiger partial charge >= 0.3 is 0 Å². The van der Waals surface area contributed by atoms with E-state index in [2.05, 4.69) is 0 Å². The Bertz CT molecular complexity index is 197. The highest BCUT2D eigenvalue weighted by Gasteiger charge is 1.90. The number of rotatable bonds is 5. The van der Waals surface area contributed by atoms with Crippen molar-refractivity contribution in [1.29, 1.82) is 0 Å². The van der Waals surface area contributed by atoms with Gasteiger partial charge in [-0.15, -0.1) is 0 Å². The molecule has 14 heavy (non-hydrogen) atoms. The Balaban J connectivity index is 0.000000791. The standard InChI is InChI=1S/C10H14O2.C2H6/c1-11-8-5-9-12-10-6-3-2-4-7-10;1-2/h2-4,6-7H,5,8-9H2,1H3;1-2H3. The van der Waals surface area contributed by atoms with Crippen molar-refractivity contribution in [2.24, 2.45) is 0 Å². The summed E-state index contributed by atoms with van der Waals surface area (Å²) in [5, 5.41) is 0. The van der Waals surface area contributed by atoms with Crippen LogP contribution in [-0.4, -0.2) is 20.3 Å². The summed E-state index contributed by atoms with van der Waals surface area (Å²) in [5.41, 5.74) is 0. The van der Waals surface area contributed by atoms with Gasteiger partial charge in [0.2, 0.25) is 0 Å². The molecule has 0 spiro atoms. The molecule has 0 N–H and O–H groups in total. The predicted molar refractivity (Wildman–Crippen MR) is 59.8 cm³/mol. The molecule has 2 nitrogen and oxygen atoms in total. The molecule has 0 aliphatic rings. The topological polar surface area (TPSA) is 18.5 Å². The molecule has 0 amide bonds. The summed E-state index contributed by atoms with van der Waals surface area (Å²) in [6.07, 6.45) is 0.936. The van der Waals surface area contributed by atoms with Gasteiger partial charge < -0.3 is 9.47 Å². The summed E-state index contributed by atoms with van der Waals surface area (Å²) in [6, 6.07) is 9.80. The van der Waals surface area contributed by atoms with Gasteiger partial charge in [-0.2, -0.15) is 0 Å². The molecule has 2 heteroatoms. The van der Waals surface area contributed by atoms with E-state index in [9.17, 15) is 0 Å². The molecule has 1 aromatic carbocycles. The van der Waals surface area contributed by atoms with Crippen LogP contribution in [0, 0.1) is 0 Å². The normalized spacial score (nSPS) is 8.79. The van der Waals surface area contributed by atoms with Gasteiger partial charge in [-0.05, 0) is 12.1 Å². The second-order valence-corrected chi connectivity index (χ2v) is 2.51. The number of para-hydroxylation sites is 1. The summed E-state index contributed by atoms with van der Waals surface area (Å²) in [7, 11) is 1.70. The highest BCUT2D eigenvalue weighted by molar-refractivity contribution is 5.20. The van der Waals surface area contributed by atoms with E-state index < -0.39 is 0 Å². The lowest BCUT2D eigenvalue weighted by Crippen LogP contribution is -2.00. The average molecular weight is 196 g/mol. The Labute approximate surface area is 86.9 Å². The van der Waals surface area contributed by atoms with E-state index in [0.717, 1.165) is 25.4 Å². The Kier molecular flexibility index (Phi) is 9.33.